The summed E-state index contributed by atoms with van der Waals surface area (Å²) in [5.74, 6) is -0.635. The third-order valence-electron chi connectivity index (χ3n) is 7.59. The molecule has 1 atom stereocenters. The number of carbonyl (C=O) groups excluding carboxylic acids is 2. The molecule has 0 spiro atoms. The standard InChI is InChI=1S/C34H32Cl2N2O3/c1-34(2,3)24-17-23(16-21-8-12-25(35)13-9-21)32-28(18-24)31(27-6-4-5-7-29(27)38-32)33(40)41-20-30(39)37-19-22-10-14-26(36)15-11-22/h4-16,24H,17-20H2,1-3H3,(H,37,39). The van der Waals surface area contributed by atoms with Crippen LogP contribution in [0.25, 0.3) is 22.6 Å². The smallest absolute Gasteiger partial charge is 0.339 e. The molecule has 1 aromatic heterocycles. The van der Waals surface area contributed by atoms with Crippen LogP contribution in [0.2, 0.25) is 10.0 Å². The maximum atomic E-state index is 13.7. The number of amides is 1. The molecule has 41 heavy (non-hydrogen) atoms. The summed E-state index contributed by atoms with van der Waals surface area (Å²) < 4.78 is 5.63. The molecule has 0 fully saturated rings. The molecule has 0 saturated carbocycles. The third kappa shape index (κ3) is 6.80. The molecular weight excluding hydrogens is 555 g/mol. The second kappa shape index (κ2) is 12.1. The van der Waals surface area contributed by atoms with E-state index < -0.39 is 5.97 Å². The minimum absolute atomic E-state index is 0.00878. The lowest BCUT2D eigenvalue weighted by Crippen LogP contribution is -2.30. The molecule has 0 aliphatic heterocycles. The molecular formula is C34H32Cl2N2O3. The SMILES string of the molecule is CC(C)(C)C1CC(=Cc2ccc(Cl)cc2)c2nc3ccccc3c(C(=O)OCC(=O)NCc3ccc(Cl)cc3)c2C1. The van der Waals surface area contributed by atoms with E-state index in [1.807, 2.05) is 60.7 Å². The van der Waals surface area contributed by atoms with Crippen molar-refractivity contribution in [1.29, 1.82) is 0 Å². The number of benzene rings is 3. The van der Waals surface area contributed by atoms with Gasteiger partial charge < -0.3 is 10.1 Å². The molecule has 1 amide bonds. The molecule has 1 N–H and O–H groups in total. The van der Waals surface area contributed by atoms with Crippen molar-refractivity contribution in [1.82, 2.24) is 10.3 Å². The van der Waals surface area contributed by atoms with E-state index in [9.17, 15) is 9.59 Å². The van der Waals surface area contributed by atoms with E-state index in [2.05, 4.69) is 32.2 Å². The lowest BCUT2D eigenvalue weighted by atomic mass is 9.69. The molecule has 1 unspecified atom stereocenters. The summed E-state index contributed by atoms with van der Waals surface area (Å²) in [7, 11) is 0. The van der Waals surface area contributed by atoms with Crippen LogP contribution in [0.1, 0.15) is 59.9 Å². The summed E-state index contributed by atoms with van der Waals surface area (Å²) >= 11 is 12.1. The predicted octanol–water partition coefficient (Wildman–Crippen LogP) is 8.16. The Bertz CT molecular complexity index is 1620. The molecule has 210 valence electrons. The summed E-state index contributed by atoms with van der Waals surface area (Å²) in [5.41, 5.74) is 5.82. The van der Waals surface area contributed by atoms with Crippen LogP contribution in [0.15, 0.2) is 72.8 Å². The van der Waals surface area contributed by atoms with E-state index in [1.54, 1.807) is 12.1 Å². The molecule has 1 heterocycles. The second-order valence-corrected chi connectivity index (χ2v) is 12.4. The number of carbonyl (C=O) groups is 2. The molecule has 0 radical (unpaired) electrons. The van der Waals surface area contributed by atoms with Crippen LogP contribution in [0, 0.1) is 11.3 Å². The number of hydrogen-bond donors (Lipinski definition) is 1. The van der Waals surface area contributed by atoms with Gasteiger partial charge in [-0.15, -0.1) is 0 Å². The van der Waals surface area contributed by atoms with E-state index in [0.29, 0.717) is 34.1 Å². The fourth-order valence-electron chi connectivity index (χ4n) is 5.19. The van der Waals surface area contributed by atoms with Crippen molar-refractivity contribution in [2.45, 2.75) is 40.2 Å². The van der Waals surface area contributed by atoms with Gasteiger partial charge in [0.2, 0.25) is 0 Å². The molecule has 1 aliphatic carbocycles. The molecule has 3 aromatic carbocycles. The lowest BCUT2D eigenvalue weighted by Gasteiger charge is -2.36. The Kier molecular flexibility index (Phi) is 8.48. The molecule has 5 rings (SSSR count). The van der Waals surface area contributed by atoms with Gasteiger partial charge in [0.25, 0.3) is 5.91 Å². The number of aromatic nitrogens is 1. The largest absolute Gasteiger partial charge is 0.452 e. The number of hydrogen-bond acceptors (Lipinski definition) is 4. The number of ether oxygens (including phenoxy) is 1. The van der Waals surface area contributed by atoms with Crippen LogP contribution in [0.5, 0.6) is 0 Å². The van der Waals surface area contributed by atoms with Gasteiger partial charge in [0, 0.05) is 22.0 Å². The van der Waals surface area contributed by atoms with Gasteiger partial charge in [0.05, 0.1) is 16.8 Å². The molecule has 4 aromatic rings. The van der Waals surface area contributed by atoms with Crippen LogP contribution >= 0.6 is 23.2 Å². The Hall–Kier alpha value is -3.67. The van der Waals surface area contributed by atoms with Crippen LogP contribution in [-0.4, -0.2) is 23.5 Å². The molecule has 0 saturated heterocycles. The first-order chi connectivity index (χ1) is 19.6. The van der Waals surface area contributed by atoms with Gasteiger partial charge in [-0.1, -0.05) is 86.4 Å². The normalized spacial score (nSPS) is 15.9. The first-order valence-corrected chi connectivity index (χ1v) is 14.4. The van der Waals surface area contributed by atoms with Gasteiger partial charge in [-0.2, -0.15) is 0 Å². The van der Waals surface area contributed by atoms with E-state index in [1.165, 1.54) is 0 Å². The number of esters is 1. The maximum Gasteiger partial charge on any atom is 0.339 e. The highest BCUT2D eigenvalue weighted by Crippen LogP contribution is 2.45. The number of pyridine rings is 1. The summed E-state index contributed by atoms with van der Waals surface area (Å²) in [4.78, 5) is 31.4. The highest BCUT2D eigenvalue weighted by molar-refractivity contribution is 6.30. The van der Waals surface area contributed by atoms with Gasteiger partial charge in [-0.3, -0.25) is 4.79 Å². The number of nitrogens with zero attached hydrogens (tertiary/aromatic N) is 1. The summed E-state index contributed by atoms with van der Waals surface area (Å²) in [6.45, 7) is 6.60. The number of rotatable bonds is 6. The third-order valence-corrected chi connectivity index (χ3v) is 8.10. The van der Waals surface area contributed by atoms with E-state index in [4.69, 9.17) is 32.9 Å². The van der Waals surface area contributed by atoms with Gasteiger partial charge >= 0.3 is 5.97 Å². The first kappa shape index (κ1) is 28.8. The zero-order valence-electron chi connectivity index (χ0n) is 23.3. The van der Waals surface area contributed by atoms with Gasteiger partial charge in [0.15, 0.2) is 6.61 Å². The average Bonchev–Trinajstić information content (AvgIpc) is 2.95. The first-order valence-electron chi connectivity index (χ1n) is 13.6. The zero-order valence-corrected chi connectivity index (χ0v) is 24.9. The Morgan fingerprint density at radius 2 is 1.61 bits per heavy atom. The van der Waals surface area contributed by atoms with Crippen molar-refractivity contribution in [2.75, 3.05) is 6.61 Å². The lowest BCUT2D eigenvalue weighted by molar-refractivity contribution is -0.124. The highest BCUT2D eigenvalue weighted by atomic mass is 35.5. The van der Waals surface area contributed by atoms with Crippen LogP contribution in [0.3, 0.4) is 0 Å². The molecule has 5 nitrogen and oxygen atoms in total. The van der Waals surface area contributed by atoms with Gasteiger partial charge in [0.1, 0.15) is 0 Å². The predicted molar refractivity (Wildman–Crippen MR) is 166 cm³/mol. The quantitative estimate of drug-likeness (QED) is 0.231. The molecule has 0 bridgehead atoms. The van der Waals surface area contributed by atoms with Gasteiger partial charge in [-0.05, 0) is 82.8 Å². The Balaban J connectivity index is 1.48. The van der Waals surface area contributed by atoms with E-state index in [0.717, 1.165) is 39.8 Å². The number of halogens is 2. The van der Waals surface area contributed by atoms with E-state index in [-0.39, 0.29) is 23.8 Å². The Morgan fingerprint density at radius 1 is 0.951 bits per heavy atom. The van der Waals surface area contributed by atoms with E-state index >= 15 is 0 Å². The summed E-state index contributed by atoms with van der Waals surface area (Å²) in [6.07, 6.45) is 3.64. The number of allylic oxidation sites excluding steroid dienone is 1. The Morgan fingerprint density at radius 3 is 2.29 bits per heavy atom. The fraction of sp³-hybridized carbons (Fsp3) is 0.265. The number of fused-ring (bicyclic) bond motifs is 2. The van der Waals surface area contributed by atoms with Crippen molar-refractivity contribution in [3.8, 4) is 0 Å². The van der Waals surface area contributed by atoms with Crippen molar-refractivity contribution in [3.63, 3.8) is 0 Å². The van der Waals surface area contributed by atoms with Crippen molar-refractivity contribution < 1.29 is 14.3 Å². The van der Waals surface area contributed by atoms with Crippen molar-refractivity contribution >= 4 is 57.6 Å². The van der Waals surface area contributed by atoms with Gasteiger partial charge in [-0.25, -0.2) is 9.78 Å². The minimum atomic E-state index is -0.526. The highest BCUT2D eigenvalue weighted by Gasteiger charge is 2.35. The summed E-state index contributed by atoms with van der Waals surface area (Å²) in [6, 6.07) is 22.5. The van der Waals surface area contributed by atoms with Crippen molar-refractivity contribution in [2.24, 2.45) is 11.3 Å². The number of nitrogens with one attached hydrogen (secondary N) is 1. The maximum absolute atomic E-state index is 13.7. The van der Waals surface area contributed by atoms with Crippen LogP contribution < -0.4 is 5.32 Å². The summed E-state index contributed by atoms with van der Waals surface area (Å²) in [5, 5.41) is 4.82. The zero-order chi connectivity index (χ0) is 29.1. The average molecular weight is 588 g/mol. The second-order valence-electron chi connectivity index (χ2n) is 11.5. The molecule has 7 heteroatoms. The Labute approximate surface area is 250 Å². The number of para-hydroxylation sites is 1. The molecule has 1 aliphatic rings. The van der Waals surface area contributed by atoms with Crippen LogP contribution in [-0.2, 0) is 22.5 Å². The van der Waals surface area contributed by atoms with Crippen molar-refractivity contribution in [3.05, 3.63) is 111 Å². The fourth-order valence-corrected chi connectivity index (χ4v) is 5.44. The monoisotopic (exact) mass is 586 g/mol. The van der Waals surface area contributed by atoms with Crippen LogP contribution in [0.4, 0.5) is 0 Å². The topological polar surface area (TPSA) is 68.3 Å². The minimum Gasteiger partial charge on any atom is -0.452 e.